The van der Waals surface area contributed by atoms with Crippen molar-refractivity contribution in [1.82, 2.24) is 0 Å². The van der Waals surface area contributed by atoms with E-state index >= 15 is 0 Å². The van der Waals surface area contributed by atoms with Crippen LogP contribution >= 0.6 is 0 Å². The molecule has 0 aromatic heterocycles. The molecule has 51 valence electrons. The third-order valence-corrected chi connectivity index (χ3v) is 1.37. The normalized spacial score (nSPS) is 11.8. The summed E-state index contributed by atoms with van der Waals surface area (Å²) in [6.07, 6.45) is 0. The van der Waals surface area contributed by atoms with Crippen molar-refractivity contribution in [3.05, 3.63) is 42.8 Å². The Bertz CT molecular complexity index is 167. The van der Waals surface area contributed by atoms with E-state index in [1.165, 1.54) is 5.56 Å². The van der Waals surface area contributed by atoms with Crippen LogP contribution in [0.15, 0.2) is 30.3 Å². The molecule has 1 unspecified atom stereocenters. The number of hydrogen-bond donors (Lipinski definition) is 0. The fourth-order valence-corrected chi connectivity index (χ4v) is 0.782. The molecule has 0 spiro atoms. The largest absolute Gasteiger partial charge is 0.336 e. The Hall–Kier alpha value is 0.324. The van der Waals surface area contributed by atoms with Gasteiger partial charge in [-0.05, 0) is 0 Å². The molecule has 1 atom stereocenters. The van der Waals surface area contributed by atoms with E-state index in [9.17, 15) is 0 Å². The van der Waals surface area contributed by atoms with Crippen LogP contribution in [0.5, 0.6) is 0 Å². The summed E-state index contributed by atoms with van der Waals surface area (Å²) in [6, 6.07) is 10.3. The van der Waals surface area contributed by atoms with Crippen LogP contribution in [0.3, 0.4) is 0 Å². The van der Waals surface area contributed by atoms with Crippen LogP contribution in [0.2, 0.25) is 0 Å². The van der Waals surface area contributed by atoms with Gasteiger partial charge in [0, 0.05) is 32.7 Å². The van der Waals surface area contributed by atoms with Crippen molar-refractivity contribution >= 4 is 0 Å². The Morgan fingerprint density at radius 1 is 1.20 bits per heavy atom. The first-order valence-corrected chi connectivity index (χ1v) is 3.18. The molecule has 0 fully saturated rings. The number of hydrogen-bond acceptors (Lipinski definition) is 0. The fourth-order valence-electron chi connectivity index (χ4n) is 0.782. The SMILES string of the molecule is [CH2-]C(C)c1ccccc1.[Y]. The Morgan fingerprint density at radius 3 is 2.00 bits per heavy atom. The topological polar surface area (TPSA) is 0 Å². The minimum atomic E-state index is 0. The van der Waals surface area contributed by atoms with E-state index in [1.807, 2.05) is 18.2 Å². The monoisotopic (exact) mass is 208 g/mol. The van der Waals surface area contributed by atoms with Crippen molar-refractivity contribution in [2.24, 2.45) is 0 Å². The molecule has 0 saturated carbocycles. The van der Waals surface area contributed by atoms with Crippen LogP contribution in [-0.2, 0) is 32.7 Å². The van der Waals surface area contributed by atoms with E-state index in [0.29, 0.717) is 5.92 Å². The van der Waals surface area contributed by atoms with Crippen molar-refractivity contribution in [2.45, 2.75) is 12.8 Å². The van der Waals surface area contributed by atoms with Gasteiger partial charge in [0.2, 0.25) is 0 Å². The van der Waals surface area contributed by atoms with Crippen molar-refractivity contribution in [2.75, 3.05) is 0 Å². The molecule has 1 aromatic carbocycles. The molecule has 10 heavy (non-hydrogen) atoms. The van der Waals surface area contributed by atoms with Gasteiger partial charge in [0.05, 0.1) is 0 Å². The van der Waals surface area contributed by atoms with Gasteiger partial charge in [0.1, 0.15) is 0 Å². The Morgan fingerprint density at radius 2 is 1.70 bits per heavy atom. The molecule has 0 saturated heterocycles. The summed E-state index contributed by atoms with van der Waals surface area (Å²) >= 11 is 0. The van der Waals surface area contributed by atoms with Crippen molar-refractivity contribution in [3.8, 4) is 0 Å². The molecule has 1 rings (SSSR count). The molecule has 0 nitrogen and oxygen atoms in total. The molecular weight excluding hydrogens is 197 g/mol. The van der Waals surface area contributed by atoms with Gasteiger partial charge in [0.25, 0.3) is 0 Å². The van der Waals surface area contributed by atoms with Crippen molar-refractivity contribution in [1.29, 1.82) is 0 Å². The van der Waals surface area contributed by atoms with Crippen LogP contribution in [0.25, 0.3) is 0 Å². The Labute approximate surface area is 87.9 Å². The van der Waals surface area contributed by atoms with E-state index in [2.05, 4.69) is 26.0 Å². The minimum absolute atomic E-state index is 0. The van der Waals surface area contributed by atoms with Crippen LogP contribution in [0.1, 0.15) is 18.4 Å². The summed E-state index contributed by atoms with van der Waals surface area (Å²) in [5.41, 5.74) is 1.30. The zero-order chi connectivity index (χ0) is 6.69. The third kappa shape index (κ3) is 2.94. The van der Waals surface area contributed by atoms with Crippen LogP contribution in [0.4, 0.5) is 0 Å². The maximum Gasteiger partial charge on any atom is 0 e. The first kappa shape index (κ1) is 10.3. The summed E-state index contributed by atoms with van der Waals surface area (Å²) in [5.74, 6) is 0.409. The second-order valence-corrected chi connectivity index (χ2v) is 2.31. The standard InChI is InChI=1S/C9H11.Y/c1-8(2)9-6-4-3-5-7-9;/h3-8H,1H2,2H3;/q-1;. The smallest absolute Gasteiger partial charge is 0 e. The summed E-state index contributed by atoms with van der Waals surface area (Å²) in [7, 11) is 0. The summed E-state index contributed by atoms with van der Waals surface area (Å²) in [4.78, 5) is 0. The van der Waals surface area contributed by atoms with Crippen LogP contribution in [-0.4, -0.2) is 0 Å². The van der Waals surface area contributed by atoms with Crippen molar-refractivity contribution < 1.29 is 32.7 Å². The van der Waals surface area contributed by atoms with Gasteiger partial charge in [-0.2, -0.15) is 0 Å². The molecule has 0 bridgehead atoms. The van der Waals surface area contributed by atoms with Gasteiger partial charge in [0.15, 0.2) is 0 Å². The average molecular weight is 208 g/mol. The van der Waals surface area contributed by atoms with Crippen LogP contribution < -0.4 is 0 Å². The van der Waals surface area contributed by atoms with E-state index in [0.717, 1.165) is 0 Å². The predicted octanol–water partition coefficient (Wildman–Crippen LogP) is 2.62. The average Bonchev–Trinajstić information content (AvgIpc) is 1.90. The molecule has 0 aliphatic heterocycles. The molecule has 1 heteroatoms. The van der Waals surface area contributed by atoms with Gasteiger partial charge in [-0.25, -0.2) is 0 Å². The van der Waals surface area contributed by atoms with Gasteiger partial charge in [-0.1, -0.05) is 42.8 Å². The van der Waals surface area contributed by atoms with Gasteiger partial charge in [-0.3, -0.25) is 0 Å². The zero-order valence-corrected chi connectivity index (χ0v) is 9.09. The molecule has 1 aromatic rings. The zero-order valence-electron chi connectivity index (χ0n) is 6.25. The minimum Gasteiger partial charge on any atom is -0.336 e. The van der Waals surface area contributed by atoms with E-state index in [4.69, 9.17) is 0 Å². The first-order chi connectivity index (χ1) is 4.30. The summed E-state index contributed by atoms with van der Waals surface area (Å²) in [6.45, 7) is 6.00. The van der Waals surface area contributed by atoms with E-state index < -0.39 is 0 Å². The number of rotatable bonds is 1. The quantitative estimate of drug-likeness (QED) is 0.622. The molecule has 1 radical (unpaired) electrons. The predicted molar refractivity (Wildman–Crippen MR) is 40.2 cm³/mol. The molecule has 0 aliphatic rings. The van der Waals surface area contributed by atoms with Crippen LogP contribution in [0, 0.1) is 6.92 Å². The molecular formula is C9H11Y-. The number of benzene rings is 1. The Kier molecular flexibility index (Phi) is 5.20. The van der Waals surface area contributed by atoms with E-state index in [1.54, 1.807) is 0 Å². The molecule has 0 heterocycles. The van der Waals surface area contributed by atoms with Crippen molar-refractivity contribution in [3.63, 3.8) is 0 Å². The second-order valence-electron chi connectivity index (χ2n) is 2.31. The van der Waals surface area contributed by atoms with Gasteiger partial charge < -0.3 is 6.92 Å². The summed E-state index contributed by atoms with van der Waals surface area (Å²) < 4.78 is 0. The van der Waals surface area contributed by atoms with E-state index in [-0.39, 0.29) is 32.7 Å². The third-order valence-electron chi connectivity index (χ3n) is 1.37. The summed E-state index contributed by atoms with van der Waals surface area (Å²) in [5, 5.41) is 0. The van der Waals surface area contributed by atoms with Gasteiger partial charge >= 0.3 is 0 Å². The van der Waals surface area contributed by atoms with Gasteiger partial charge in [-0.15, -0.1) is 5.92 Å². The molecule has 0 N–H and O–H groups in total. The molecule has 0 aliphatic carbocycles. The maximum atomic E-state index is 3.91. The first-order valence-electron chi connectivity index (χ1n) is 3.18. The molecule has 0 amide bonds. The maximum absolute atomic E-state index is 3.91. The Balaban J connectivity index is 0.000000810. The fraction of sp³-hybridized carbons (Fsp3) is 0.222. The second kappa shape index (κ2) is 5.04.